The Morgan fingerprint density at radius 3 is 3.05 bits per heavy atom. The number of fused-ring (bicyclic) bond motifs is 1. The summed E-state index contributed by atoms with van der Waals surface area (Å²) in [5.41, 5.74) is 2.45. The first-order valence-corrected chi connectivity index (χ1v) is 6.95. The maximum Gasteiger partial charge on any atom is 0.126 e. The minimum absolute atomic E-state index is 0.0698. The Hall–Kier alpha value is -1.98. The van der Waals surface area contributed by atoms with Gasteiger partial charge in [-0.1, -0.05) is 11.6 Å². The van der Waals surface area contributed by atoms with Crippen molar-refractivity contribution in [1.29, 1.82) is 0 Å². The second kappa shape index (κ2) is 5.79. The normalized spacial score (nSPS) is 12.7. The van der Waals surface area contributed by atoms with Crippen LogP contribution in [-0.2, 0) is 6.42 Å². The number of likely N-dealkylation sites (N-methyl/N-ethyl adjacent to an activating group) is 1. The van der Waals surface area contributed by atoms with Crippen LogP contribution < -0.4 is 5.32 Å². The van der Waals surface area contributed by atoms with Crippen molar-refractivity contribution < 1.29 is 4.39 Å². The van der Waals surface area contributed by atoms with Gasteiger partial charge in [0.15, 0.2) is 0 Å². The number of halogens is 2. The molecule has 21 heavy (non-hydrogen) atoms. The van der Waals surface area contributed by atoms with Gasteiger partial charge in [-0.05, 0) is 37.2 Å². The van der Waals surface area contributed by atoms with Crippen molar-refractivity contribution in [2.45, 2.75) is 12.5 Å². The molecule has 0 aliphatic carbocycles. The van der Waals surface area contributed by atoms with E-state index in [2.05, 4.69) is 15.4 Å². The van der Waals surface area contributed by atoms with E-state index in [-0.39, 0.29) is 11.9 Å². The highest BCUT2D eigenvalue weighted by molar-refractivity contribution is 6.30. The van der Waals surface area contributed by atoms with Gasteiger partial charge in [0.05, 0.1) is 17.9 Å². The minimum atomic E-state index is -0.255. The molecule has 0 saturated carbocycles. The van der Waals surface area contributed by atoms with Crippen LogP contribution in [0.4, 0.5) is 4.39 Å². The Morgan fingerprint density at radius 2 is 2.24 bits per heavy atom. The van der Waals surface area contributed by atoms with Crippen molar-refractivity contribution in [3.8, 4) is 0 Å². The fraction of sp³-hybridized carbons (Fsp3) is 0.200. The van der Waals surface area contributed by atoms with Crippen LogP contribution in [0.1, 0.15) is 17.2 Å². The van der Waals surface area contributed by atoms with Gasteiger partial charge in [0.1, 0.15) is 5.82 Å². The summed E-state index contributed by atoms with van der Waals surface area (Å²) in [6.45, 7) is 0. The summed E-state index contributed by atoms with van der Waals surface area (Å²) in [6.07, 6.45) is 7.47. The molecule has 3 rings (SSSR count). The van der Waals surface area contributed by atoms with Crippen molar-refractivity contribution in [3.05, 3.63) is 65.0 Å². The fourth-order valence-corrected chi connectivity index (χ4v) is 2.60. The third-order valence-electron chi connectivity index (χ3n) is 3.51. The molecule has 0 aliphatic rings. The van der Waals surface area contributed by atoms with Gasteiger partial charge >= 0.3 is 0 Å². The van der Waals surface area contributed by atoms with Gasteiger partial charge in [-0.3, -0.25) is 4.98 Å². The lowest BCUT2D eigenvalue weighted by atomic mass is 10.00. The highest BCUT2D eigenvalue weighted by Crippen LogP contribution is 2.24. The van der Waals surface area contributed by atoms with E-state index in [1.54, 1.807) is 41.4 Å². The lowest BCUT2D eigenvalue weighted by molar-refractivity contribution is 0.556. The smallest absolute Gasteiger partial charge is 0.126 e. The maximum absolute atomic E-state index is 13.9. The molecule has 1 atom stereocenters. The molecule has 108 valence electrons. The van der Waals surface area contributed by atoms with E-state index in [1.165, 1.54) is 6.07 Å². The summed E-state index contributed by atoms with van der Waals surface area (Å²) in [5.74, 6) is -0.255. The van der Waals surface area contributed by atoms with Gasteiger partial charge in [-0.2, -0.15) is 5.10 Å². The van der Waals surface area contributed by atoms with E-state index in [9.17, 15) is 4.39 Å². The molecule has 2 aromatic heterocycles. The lowest BCUT2D eigenvalue weighted by Crippen LogP contribution is -2.19. The molecule has 0 amide bonds. The number of aromatic nitrogens is 3. The van der Waals surface area contributed by atoms with Crippen LogP contribution in [-0.4, -0.2) is 21.6 Å². The molecule has 6 heteroatoms. The largest absolute Gasteiger partial charge is 0.313 e. The number of nitrogens with one attached hydrogen (secondary N) is 1. The van der Waals surface area contributed by atoms with Crippen molar-refractivity contribution in [2.24, 2.45) is 0 Å². The molecular formula is C15H14ClFN4. The number of hydrogen-bond donors (Lipinski definition) is 1. The highest BCUT2D eigenvalue weighted by atomic mass is 35.5. The fourth-order valence-electron chi connectivity index (χ4n) is 2.41. The van der Waals surface area contributed by atoms with Crippen LogP contribution in [0.15, 0.2) is 43.0 Å². The first-order chi connectivity index (χ1) is 10.2. The standard InChI is InChI=1S/C15H14ClFN4/c1-18-14(7-10-6-11(16)2-3-13(10)17)12-8-20-21-5-4-19-9-15(12)21/h2-6,8-9,14,18H,7H2,1H3. The number of benzene rings is 1. The van der Waals surface area contributed by atoms with E-state index in [1.807, 2.05) is 7.05 Å². The highest BCUT2D eigenvalue weighted by Gasteiger charge is 2.17. The van der Waals surface area contributed by atoms with Gasteiger partial charge in [0, 0.05) is 29.0 Å². The van der Waals surface area contributed by atoms with Crippen molar-refractivity contribution in [3.63, 3.8) is 0 Å². The first-order valence-electron chi connectivity index (χ1n) is 6.57. The predicted octanol–water partition coefficient (Wildman–Crippen LogP) is 3.03. The molecule has 1 aromatic carbocycles. The molecule has 0 bridgehead atoms. The summed E-state index contributed by atoms with van der Waals surface area (Å²) in [4.78, 5) is 4.12. The van der Waals surface area contributed by atoms with E-state index in [0.29, 0.717) is 17.0 Å². The van der Waals surface area contributed by atoms with Crippen molar-refractivity contribution in [1.82, 2.24) is 19.9 Å². The number of hydrogen-bond acceptors (Lipinski definition) is 3. The average Bonchev–Trinajstić information content (AvgIpc) is 2.92. The van der Waals surface area contributed by atoms with E-state index < -0.39 is 0 Å². The molecule has 2 heterocycles. The summed E-state index contributed by atoms with van der Waals surface area (Å²) in [7, 11) is 1.84. The summed E-state index contributed by atoms with van der Waals surface area (Å²) < 4.78 is 15.7. The zero-order valence-corrected chi connectivity index (χ0v) is 12.2. The van der Waals surface area contributed by atoms with E-state index >= 15 is 0 Å². The van der Waals surface area contributed by atoms with Gasteiger partial charge < -0.3 is 5.32 Å². The molecule has 0 spiro atoms. The molecule has 4 nitrogen and oxygen atoms in total. The van der Waals surface area contributed by atoms with Gasteiger partial charge in [-0.25, -0.2) is 8.91 Å². The molecule has 0 aliphatic heterocycles. The van der Waals surface area contributed by atoms with Gasteiger partial charge in [-0.15, -0.1) is 0 Å². The number of nitrogens with zero attached hydrogens (tertiary/aromatic N) is 3. The van der Waals surface area contributed by atoms with Crippen LogP contribution in [0.2, 0.25) is 5.02 Å². The predicted molar refractivity (Wildman–Crippen MR) is 79.9 cm³/mol. The van der Waals surface area contributed by atoms with E-state index in [0.717, 1.165) is 11.1 Å². The van der Waals surface area contributed by atoms with Crippen molar-refractivity contribution in [2.75, 3.05) is 7.05 Å². The Morgan fingerprint density at radius 1 is 1.38 bits per heavy atom. The summed E-state index contributed by atoms with van der Waals surface area (Å²) in [6, 6.07) is 4.53. The second-order valence-electron chi connectivity index (χ2n) is 4.79. The summed E-state index contributed by atoms with van der Waals surface area (Å²) >= 11 is 5.95. The molecular weight excluding hydrogens is 291 g/mol. The molecule has 1 N–H and O–H groups in total. The van der Waals surface area contributed by atoms with Gasteiger partial charge in [0.2, 0.25) is 0 Å². The lowest BCUT2D eigenvalue weighted by Gasteiger charge is -2.16. The Bertz CT molecular complexity index is 771. The third-order valence-corrected chi connectivity index (χ3v) is 3.75. The van der Waals surface area contributed by atoms with E-state index in [4.69, 9.17) is 11.6 Å². The second-order valence-corrected chi connectivity index (χ2v) is 5.22. The molecule has 3 aromatic rings. The third kappa shape index (κ3) is 2.75. The zero-order valence-electron chi connectivity index (χ0n) is 11.4. The van der Waals surface area contributed by atoms with Crippen molar-refractivity contribution >= 4 is 17.1 Å². The Labute approximate surface area is 126 Å². The maximum atomic E-state index is 13.9. The zero-order chi connectivity index (χ0) is 14.8. The van der Waals surface area contributed by atoms with Crippen LogP contribution in [0, 0.1) is 5.82 Å². The van der Waals surface area contributed by atoms with Gasteiger partial charge in [0.25, 0.3) is 0 Å². The van der Waals surface area contributed by atoms with Crippen LogP contribution in [0.5, 0.6) is 0 Å². The van der Waals surface area contributed by atoms with Crippen LogP contribution >= 0.6 is 11.6 Å². The molecule has 0 fully saturated rings. The SMILES string of the molecule is CNC(Cc1cc(Cl)ccc1F)c1cnn2ccncc12. The molecule has 1 unspecified atom stereocenters. The topological polar surface area (TPSA) is 42.2 Å². The van der Waals surface area contributed by atoms with Crippen LogP contribution in [0.25, 0.3) is 5.52 Å². The monoisotopic (exact) mass is 304 g/mol. The quantitative estimate of drug-likeness (QED) is 0.805. The number of rotatable bonds is 4. The minimum Gasteiger partial charge on any atom is -0.313 e. The molecule has 0 radical (unpaired) electrons. The Kier molecular flexibility index (Phi) is 3.86. The summed E-state index contributed by atoms with van der Waals surface area (Å²) in [5, 5.41) is 8.02. The molecule has 0 saturated heterocycles. The first kappa shape index (κ1) is 14.0. The average molecular weight is 305 g/mol. The van der Waals surface area contributed by atoms with Crippen LogP contribution in [0.3, 0.4) is 0 Å². The Balaban J connectivity index is 1.97.